The van der Waals surface area contributed by atoms with Gasteiger partial charge in [-0.15, -0.1) is 0 Å². The molecule has 2 N–H and O–H groups in total. The van der Waals surface area contributed by atoms with Crippen LogP contribution in [0.15, 0.2) is 66.7 Å². The largest absolute Gasteiger partial charge is 0.359 e. The summed E-state index contributed by atoms with van der Waals surface area (Å²) in [5, 5.41) is 6.69. The summed E-state index contributed by atoms with van der Waals surface area (Å²) in [6, 6.07) is 16.5. The molecule has 9 heteroatoms. The lowest BCUT2D eigenvalue weighted by Gasteiger charge is -2.34. The van der Waals surface area contributed by atoms with E-state index in [1.165, 1.54) is 12.0 Å². The summed E-state index contributed by atoms with van der Waals surface area (Å²) in [5.74, 6) is -2.19. The quantitative estimate of drug-likeness (QED) is 0.400. The smallest absolute Gasteiger partial charge is 0.246 e. The van der Waals surface area contributed by atoms with Crippen LogP contribution in [0, 0.1) is 11.8 Å². The summed E-state index contributed by atoms with van der Waals surface area (Å²) in [4.78, 5) is 45.7. The van der Waals surface area contributed by atoms with Crippen LogP contribution in [0.1, 0.15) is 44.1 Å². The van der Waals surface area contributed by atoms with E-state index in [4.69, 9.17) is 16.3 Å². The van der Waals surface area contributed by atoms with Crippen LogP contribution in [0.2, 0.25) is 5.02 Å². The Bertz CT molecular complexity index is 1350. The van der Waals surface area contributed by atoms with Crippen molar-refractivity contribution in [3.05, 3.63) is 77.3 Å². The molecule has 8 nitrogen and oxygen atoms in total. The number of benzene rings is 2. The lowest BCUT2D eigenvalue weighted by Crippen LogP contribution is -2.56. The van der Waals surface area contributed by atoms with E-state index >= 15 is 0 Å². The van der Waals surface area contributed by atoms with Crippen molar-refractivity contribution in [2.24, 2.45) is 11.8 Å². The Morgan fingerprint density at radius 3 is 2.62 bits per heavy atom. The van der Waals surface area contributed by atoms with Crippen molar-refractivity contribution in [2.75, 3.05) is 25.5 Å². The predicted molar refractivity (Wildman–Crippen MR) is 162 cm³/mol. The van der Waals surface area contributed by atoms with E-state index in [0.717, 1.165) is 38.8 Å². The Balaban J connectivity index is 1.21. The zero-order chi connectivity index (χ0) is 29.3. The van der Waals surface area contributed by atoms with Gasteiger partial charge in [0, 0.05) is 29.8 Å². The zero-order valence-corrected chi connectivity index (χ0v) is 24.8. The fraction of sp³-hybridized carbons (Fsp3) is 0.485. The summed E-state index contributed by atoms with van der Waals surface area (Å²) in [7, 11) is 2.06. The fourth-order valence-corrected chi connectivity index (χ4v) is 7.50. The maximum Gasteiger partial charge on any atom is 0.246 e. The van der Waals surface area contributed by atoms with Crippen molar-refractivity contribution < 1.29 is 19.1 Å². The summed E-state index contributed by atoms with van der Waals surface area (Å²) in [5.41, 5.74) is 0.621. The maximum atomic E-state index is 14.2. The van der Waals surface area contributed by atoms with Gasteiger partial charge in [-0.2, -0.15) is 0 Å². The molecule has 5 atom stereocenters. The van der Waals surface area contributed by atoms with Crippen molar-refractivity contribution in [1.29, 1.82) is 0 Å². The average molecular weight is 591 g/mol. The van der Waals surface area contributed by atoms with Crippen LogP contribution in [-0.2, 0) is 25.7 Å². The van der Waals surface area contributed by atoms with Crippen molar-refractivity contribution in [3.8, 4) is 0 Å². The highest BCUT2D eigenvalue weighted by molar-refractivity contribution is 6.30. The lowest BCUT2D eigenvalue weighted by atomic mass is 9.74. The molecule has 2 saturated heterocycles. The number of hydrogen-bond acceptors (Lipinski definition) is 5. The molecule has 0 aromatic heterocycles. The Labute approximate surface area is 252 Å². The second-order valence-corrected chi connectivity index (χ2v) is 12.6. The van der Waals surface area contributed by atoms with E-state index in [9.17, 15) is 14.4 Å². The topological polar surface area (TPSA) is 91.0 Å². The van der Waals surface area contributed by atoms with Crippen molar-refractivity contribution in [3.63, 3.8) is 0 Å². The maximum absolute atomic E-state index is 14.2. The molecule has 222 valence electrons. The minimum atomic E-state index is -1.16. The number of rotatable bonds is 10. The van der Waals surface area contributed by atoms with E-state index in [1.54, 1.807) is 29.2 Å². The molecule has 42 heavy (non-hydrogen) atoms. The number of halogens is 1. The molecule has 2 aromatic rings. The highest BCUT2D eigenvalue weighted by atomic mass is 35.5. The summed E-state index contributed by atoms with van der Waals surface area (Å²) >= 11 is 6.14. The first-order valence-electron chi connectivity index (χ1n) is 15.1. The first kappa shape index (κ1) is 28.9. The molecular weight excluding hydrogens is 552 g/mol. The van der Waals surface area contributed by atoms with E-state index in [0.29, 0.717) is 23.7 Å². The molecule has 2 bridgehead atoms. The summed E-state index contributed by atoms with van der Waals surface area (Å²) in [6.07, 6.45) is 9.09. The Kier molecular flexibility index (Phi) is 8.39. The van der Waals surface area contributed by atoms with Gasteiger partial charge in [-0.05, 0) is 56.6 Å². The lowest BCUT2D eigenvalue weighted by molar-refractivity contribution is -0.141. The number of amides is 3. The number of likely N-dealkylation sites (tertiary alicyclic amines) is 1. The summed E-state index contributed by atoms with van der Waals surface area (Å²) in [6.45, 7) is 1.96. The van der Waals surface area contributed by atoms with Crippen molar-refractivity contribution in [2.45, 2.75) is 68.9 Å². The van der Waals surface area contributed by atoms with Crippen LogP contribution in [0.25, 0.3) is 0 Å². The molecule has 3 amide bonds. The Morgan fingerprint density at radius 2 is 1.86 bits per heavy atom. The molecule has 5 unspecified atom stereocenters. The second kappa shape index (κ2) is 12.2. The second-order valence-electron chi connectivity index (χ2n) is 12.2. The molecule has 1 saturated carbocycles. The zero-order valence-electron chi connectivity index (χ0n) is 24.0. The van der Waals surface area contributed by atoms with Gasteiger partial charge >= 0.3 is 0 Å². The molecule has 3 heterocycles. The van der Waals surface area contributed by atoms with Crippen LogP contribution in [0.4, 0.5) is 5.69 Å². The number of nitrogens with one attached hydrogen (secondary N) is 2. The van der Waals surface area contributed by atoms with Crippen LogP contribution in [0.3, 0.4) is 0 Å². The van der Waals surface area contributed by atoms with Crippen LogP contribution in [-0.4, -0.2) is 71.4 Å². The van der Waals surface area contributed by atoms with Gasteiger partial charge in [0.2, 0.25) is 17.7 Å². The average Bonchev–Trinajstić information content (AvgIpc) is 3.61. The van der Waals surface area contributed by atoms with E-state index in [-0.39, 0.29) is 23.8 Å². The van der Waals surface area contributed by atoms with Crippen LogP contribution >= 0.6 is 11.6 Å². The molecule has 6 rings (SSSR count). The standard InChI is InChI=1S/C33H39ClN4O4/c1-37(21-22-10-4-2-5-11-22)18-9-19-38-29(31(40)35-24-13-6-3-7-14-24)33-17-16-26(42-33)27(28(33)32(38)41)30(39)36-25-15-8-12-23(34)20-25/h2,4-5,8,10-12,15-17,20,24,26-29H,3,6-7,9,13-14,18-19,21H2,1H3,(H,35,40)(H,36,39). The minimum Gasteiger partial charge on any atom is -0.359 e. The Hall–Kier alpha value is -3.20. The first-order valence-corrected chi connectivity index (χ1v) is 15.5. The molecule has 1 aliphatic carbocycles. The minimum absolute atomic E-state index is 0.0974. The molecule has 0 radical (unpaired) electrons. The summed E-state index contributed by atoms with van der Waals surface area (Å²) < 4.78 is 6.48. The molecular formula is C33H39ClN4O4. The van der Waals surface area contributed by atoms with E-state index in [2.05, 4.69) is 34.7 Å². The normalized spacial score (nSPS) is 28.4. The number of fused-ring (bicyclic) bond motifs is 1. The first-order chi connectivity index (χ1) is 20.4. The number of hydrogen-bond donors (Lipinski definition) is 2. The van der Waals surface area contributed by atoms with Gasteiger partial charge in [-0.1, -0.05) is 79.4 Å². The number of carbonyl (C=O) groups excluding carboxylic acids is 3. The van der Waals surface area contributed by atoms with Gasteiger partial charge in [-0.3, -0.25) is 14.4 Å². The predicted octanol–water partition coefficient (Wildman–Crippen LogP) is 4.40. The van der Waals surface area contributed by atoms with Gasteiger partial charge in [-0.25, -0.2) is 0 Å². The molecule has 3 fully saturated rings. The van der Waals surface area contributed by atoms with Gasteiger partial charge < -0.3 is 25.2 Å². The third-order valence-electron chi connectivity index (χ3n) is 9.20. The van der Waals surface area contributed by atoms with Gasteiger partial charge in [0.25, 0.3) is 0 Å². The number of nitrogens with zero attached hydrogens (tertiary/aromatic N) is 2. The fourth-order valence-electron chi connectivity index (χ4n) is 7.31. The molecule has 2 aromatic carbocycles. The third kappa shape index (κ3) is 5.60. The highest BCUT2D eigenvalue weighted by Crippen LogP contribution is 2.55. The Morgan fingerprint density at radius 1 is 1.07 bits per heavy atom. The van der Waals surface area contributed by atoms with Crippen molar-refractivity contribution >= 4 is 35.0 Å². The van der Waals surface area contributed by atoms with Crippen molar-refractivity contribution in [1.82, 2.24) is 15.1 Å². The number of carbonyl (C=O) groups is 3. The molecule has 3 aliphatic heterocycles. The number of ether oxygens (including phenoxy) is 1. The van der Waals surface area contributed by atoms with E-state index in [1.807, 2.05) is 30.4 Å². The van der Waals surface area contributed by atoms with Gasteiger partial charge in [0.05, 0.1) is 17.9 Å². The monoisotopic (exact) mass is 590 g/mol. The van der Waals surface area contributed by atoms with Crippen LogP contribution < -0.4 is 10.6 Å². The SMILES string of the molecule is CN(CCCN1C(=O)C2C(C(=O)Nc3cccc(Cl)c3)C3C=CC2(O3)C1C(=O)NC1CCCCC1)Cc1ccccc1. The van der Waals surface area contributed by atoms with Gasteiger partial charge in [0.1, 0.15) is 11.6 Å². The van der Waals surface area contributed by atoms with Gasteiger partial charge in [0.15, 0.2) is 0 Å². The van der Waals surface area contributed by atoms with Crippen LogP contribution in [0.5, 0.6) is 0 Å². The highest BCUT2D eigenvalue weighted by Gasteiger charge is 2.72. The third-order valence-corrected chi connectivity index (χ3v) is 9.44. The van der Waals surface area contributed by atoms with E-state index < -0.39 is 29.6 Å². The molecule has 1 spiro atoms. The molecule has 4 aliphatic rings. The number of anilines is 1.